The van der Waals surface area contributed by atoms with E-state index in [1.807, 2.05) is 42.5 Å². The molecule has 1 aromatic heterocycles. The first-order chi connectivity index (χ1) is 14.6. The maximum Gasteiger partial charge on any atom is 0.297 e. The second-order valence-electron chi connectivity index (χ2n) is 7.64. The van der Waals surface area contributed by atoms with Crippen molar-refractivity contribution < 1.29 is 12.8 Å². The first-order valence-corrected chi connectivity index (χ1v) is 12.1. The van der Waals surface area contributed by atoms with Crippen molar-refractivity contribution in [1.82, 2.24) is 5.32 Å². The number of benzene rings is 2. The van der Waals surface area contributed by atoms with Crippen LogP contribution in [0.25, 0.3) is 11.0 Å². The Morgan fingerprint density at radius 3 is 2.47 bits per heavy atom. The Labute approximate surface area is 178 Å². The number of fused-ring (bicyclic) bond motifs is 1. The predicted octanol–water partition coefficient (Wildman–Crippen LogP) is 4.23. The Balaban J connectivity index is 1.64. The summed E-state index contributed by atoms with van der Waals surface area (Å²) in [6, 6.07) is 16.8. The van der Waals surface area contributed by atoms with E-state index in [0.717, 1.165) is 56.5 Å². The SMILES string of the molecule is CCCCCN(c1ccc(N2CCNCC2)cc1)S(=O)(=O)c1cc2ccccc2o1. The highest BCUT2D eigenvalue weighted by molar-refractivity contribution is 7.92. The van der Waals surface area contributed by atoms with Gasteiger partial charge in [-0.1, -0.05) is 38.0 Å². The van der Waals surface area contributed by atoms with Crippen molar-refractivity contribution in [3.05, 3.63) is 54.6 Å². The molecule has 7 heteroatoms. The number of furan rings is 1. The smallest absolute Gasteiger partial charge is 0.297 e. The van der Waals surface area contributed by atoms with E-state index in [9.17, 15) is 8.42 Å². The lowest BCUT2D eigenvalue weighted by Crippen LogP contribution is -2.43. The van der Waals surface area contributed by atoms with Gasteiger partial charge in [-0.3, -0.25) is 4.31 Å². The third kappa shape index (κ3) is 4.32. The summed E-state index contributed by atoms with van der Waals surface area (Å²) in [6.45, 7) is 6.38. The molecule has 1 fully saturated rings. The summed E-state index contributed by atoms with van der Waals surface area (Å²) in [5.41, 5.74) is 2.37. The quantitative estimate of drug-likeness (QED) is 0.545. The van der Waals surface area contributed by atoms with E-state index >= 15 is 0 Å². The lowest BCUT2D eigenvalue weighted by molar-refractivity contribution is 0.479. The first-order valence-electron chi connectivity index (χ1n) is 10.7. The fraction of sp³-hybridized carbons (Fsp3) is 0.391. The number of rotatable bonds is 8. The summed E-state index contributed by atoms with van der Waals surface area (Å²) in [6.07, 6.45) is 2.81. The van der Waals surface area contributed by atoms with Crippen molar-refractivity contribution in [2.45, 2.75) is 31.3 Å². The monoisotopic (exact) mass is 427 g/mol. The molecule has 2 heterocycles. The summed E-state index contributed by atoms with van der Waals surface area (Å²) in [5.74, 6) is 0. The maximum atomic E-state index is 13.5. The molecule has 1 N–H and O–H groups in total. The topological polar surface area (TPSA) is 65.8 Å². The molecular weight excluding hydrogens is 398 g/mol. The highest BCUT2D eigenvalue weighted by Gasteiger charge is 2.28. The Hall–Kier alpha value is -2.51. The van der Waals surface area contributed by atoms with Crippen LogP contribution in [0.3, 0.4) is 0 Å². The largest absolute Gasteiger partial charge is 0.443 e. The minimum absolute atomic E-state index is 0.00798. The molecule has 0 amide bonds. The van der Waals surface area contributed by atoms with Crippen molar-refractivity contribution in [2.24, 2.45) is 0 Å². The molecule has 0 unspecified atom stereocenters. The number of para-hydroxylation sites is 1. The maximum absolute atomic E-state index is 13.5. The summed E-state index contributed by atoms with van der Waals surface area (Å²) < 4.78 is 34.2. The lowest BCUT2D eigenvalue weighted by Gasteiger charge is -2.30. The minimum Gasteiger partial charge on any atom is -0.443 e. The van der Waals surface area contributed by atoms with Gasteiger partial charge in [-0.25, -0.2) is 0 Å². The van der Waals surface area contributed by atoms with Crippen molar-refractivity contribution in [3.8, 4) is 0 Å². The molecule has 4 rings (SSSR count). The fourth-order valence-corrected chi connectivity index (χ4v) is 5.30. The van der Waals surface area contributed by atoms with Gasteiger partial charge in [-0.2, -0.15) is 8.42 Å². The average molecular weight is 428 g/mol. The number of piperazine rings is 1. The molecule has 0 atom stereocenters. The molecule has 1 aliphatic rings. The van der Waals surface area contributed by atoms with E-state index in [0.29, 0.717) is 17.8 Å². The van der Waals surface area contributed by atoms with E-state index in [4.69, 9.17) is 4.42 Å². The van der Waals surface area contributed by atoms with Crippen LogP contribution in [0.15, 0.2) is 64.1 Å². The number of unbranched alkanes of at least 4 members (excludes halogenated alkanes) is 2. The van der Waals surface area contributed by atoms with Gasteiger partial charge in [0.1, 0.15) is 5.58 Å². The number of hydrogen-bond donors (Lipinski definition) is 1. The predicted molar refractivity (Wildman–Crippen MR) is 122 cm³/mol. The third-order valence-electron chi connectivity index (χ3n) is 5.53. The van der Waals surface area contributed by atoms with E-state index in [-0.39, 0.29) is 5.09 Å². The molecule has 2 aromatic carbocycles. The van der Waals surface area contributed by atoms with Gasteiger partial charge in [0.15, 0.2) is 0 Å². The molecule has 1 aliphatic heterocycles. The summed E-state index contributed by atoms with van der Waals surface area (Å²) >= 11 is 0. The molecule has 0 bridgehead atoms. The normalized spacial score (nSPS) is 14.9. The molecule has 160 valence electrons. The van der Waals surface area contributed by atoms with Crippen LogP contribution in [0.4, 0.5) is 11.4 Å². The Bertz CT molecular complexity index is 1040. The standard InChI is InChI=1S/C23H29N3O3S/c1-2-3-6-15-26(21-11-9-20(10-12-21)25-16-13-24-14-17-25)30(27,28)23-18-19-7-4-5-8-22(19)29-23/h4-5,7-12,18,24H,2-3,6,13-17H2,1H3. The minimum atomic E-state index is -3.79. The van der Waals surface area contributed by atoms with E-state index in [1.165, 1.54) is 4.31 Å². The van der Waals surface area contributed by atoms with Crippen LogP contribution in [-0.4, -0.2) is 41.1 Å². The van der Waals surface area contributed by atoms with Crippen LogP contribution in [0.1, 0.15) is 26.2 Å². The van der Waals surface area contributed by atoms with Crippen LogP contribution in [-0.2, 0) is 10.0 Å². The Kier molecular flexibility index (Phi) is 6.29. The third-order valence-corrected chi connectivity index (χ3v) is 7.22. The van der Waals surface area contributed by atoms with Crippen LogP contribution in [0.2, 0.25) is 0 Å². The molecule has 1 saturated heterocycles. The molecule has 6 nitrogen and oxygen atoms in total. The summed E-state index contributed by atoms with van der Waals surface area (Å²) in [4.78, 5) is 2.31. The molecule has 0 spiro atoms. The van der Waals surface area contributed by atoms with E-state index in [1.54, 1.807) is 12.1 Å². The van der Waals surface area contributed by atoms with Crippen molar-refractivity contribution in [2.75, 3.05) is 41.9 Å². The summed E-state index contributed by atoms with van der Waals surface area (Å²) in [5, 5.41) is 4.13. The molecule has 3 aromatic rings. The van der Waals surface area contributed by atoms with Crippen molar-refractivity contribution in [1.29, 1.82) is 0 Å². The van der Waals surface area contributed by atoms with Crippen LogP contribution >= 0.6 is 0 Å². The van der Waals surface area contributed by atoms with Crippen molar-refractivity contribution in [3.63, 3.8) is 0 Å². The molecule has 0 saturated carbocycles. The van der Waals surface area contributed by atoms with Gasteiger partial charge in [-0.05, 0) is 36.8 Å². The van der Waals surface area contributed by atoms with Gasteiger partial charge < -0.3 is 14.6 Å². The number of sulfonamides is 1. The van der Waals surface area contributed by atoms with Gasteiger partial charge in [0, 0.05) is 49.9 Å². The zero-order chi connectivity index (χ0) is 21.0. The molecule has 0 radical (unpaired) electrons. The van der Waals surface area contributed by atoms with Gasteiger partial charge in [0.2, 0.25) is 5.09 Å². The Morgan fingerprint density at radius 1 is 1.03 bits per heavy atom. The highest BCUT2D eigenvalue weighted by Crippen LogP contribution is 2.30. The Morgan fingerprint density at radius 2 is 1.77 bits per heavy atom. The van der Waals surface area contributed by atoms with E-state index < -0.39 is 10.0 Å². The zero-order valence-corrected chi connectivity index (χ0v) is 18.2. The number of hydrogen-bond acceptors (Lipinski definition) is 5. The second kappa shape index (κ2) is 9.10. The van der Waals surface area contributed by atoms with Crippen molar-refractivity contribution >= 4 is 32.4 Å². The van der Waals surface area contributed by atoms with Crippen LogP contribution in [0, 0.1) is 0 Å². The fourth-order valence-electron chi connectivity index (χ4n) is 3.84. The van der Waals surface area contributed by atoms with E-state index in [2.05, 4.69) is 17.1 Å². The number of nitrogens with zero attached hydrogens (tertiary/aromatic N) is 2. The van der Waals surface area contributed by atoms with Gasteiger partial charge in [-0.15, -0.1) is 0 Å². The van der Waals surface area contributed by atoms with Gasteiger partial charge in [0.05, 0.1) is 5.69 Å². The zero-order valence-electron chi connectivity index (χ0n) is 17.4. The first kappa shape index (κ1) is 20.8. The summed E-state index contributed by atoms with van der Waals surface area (Å²) in [7, 11) is -3.79. The molecule has 0 aliphatic carbocycles. The van der Waals surface area contributed by atoms with Crippen LogP contribution in [0.5, 0.6) is 0 Å². The second-order valence-corrected chi connectivity index (χ2v) is 9.43. The number of anilines is 2. The van der Waals surface area contributed by atoms with Crippen LogP contribution < -0.4 is 14.5 Å². The average Bonchev–Trinajstić information content (AvgIpc) is 3.23. The lowest BCUT2D eigenvalue weighted by atomic mass is 10.2. The molecule has 30 heavy (non-hydrogen) atoms. The highest BCUT2D eigenvalue weighted by atomic mass is 32.2. The van der Waals surface area contributed by atoms with Gasteiger partial charge in [0.25, 0.3) is 10.0 Å². The molecular formula is C23H29N3O3S. The van der Waals surface area contributed by atoms with Gasteiger partial charge >= 0.3 is 0 Å². The number of nitrogens with one attached hydrogen (secondary N) is 1.